The second-order valence-electron chi connectivity index (χ2n) is 2.79. The number of carbonyl (C=O) groups excluding carboxylic acids is 1. The van der Waals surface area contributed by atoms with Gasteiger partial charge in [0.15, 0.2) is 0 Å². The van der Waals surface area contributed by atoms with Crippen molar-refractivity contribution in [3.63, 3.8) is 0 Å². The fraction of sp³-hybridized carbons (Fsp3) is 0.300. The predicted octanol–water partition coefficient (Wildman–Crippen LogP) is -1.02. The second-order valence-corrected chi connectivity index (χ2v) is 4.28. The van der Waals surface area contributed by atoms with Gasteiger partial charge in [0.25, 0.3) is 0 Å². The first-order chi connectivity index (χ1) is 6.27. The maximum Gasteiger partial charge on any atom is -1.00 e. The molecule has 72 valence electrons. The van der Waals surface area contributed by atoms with Crippen molar-refractivity contribution < 1.29 is 51.8 Å². The van der Waals surface area contributed by atoms with Crippen LogP contribution in [-0.2, 0) is 29.5 Å². The van der Waals surface area contributed by atoms with E-state index >= 15 is 0 Å². The van der Waals surface area contributed by atoms with Gasteiger partial charge in [0.2, 0.25) is 0 Å². The van der Waals surface area contributed by atoms with Crippen LogP contribution in [0.25, 0.3) is 0 Å². The Morgan fingerprint density at radius 3 is 2.36 bits per heavy atom. The molecule has 0 atom stereocenters. The van der Waals surface area contributed by atoms with Gasteiger partial charge in [-0.25, -0.2) is 0 Å². The topological polar surface area (TPSA) is 26.3 Å². The van der Waals surface area contributed by atoms with Crippen molar-refractivity contribution in [1.29, 1.82) is 0 Å². The Morgan fingerprint density at radius 1 is 1.36 bits per heavy atom. The first-order valence-corrected chi connectivity index (χ1v) is 6.34. The second kappa shape index (κ2) is 7.35. The van der Waals surface area contributed by atoms with Gasteiger partial charge in [-0.2, -0.15) is 0 Å². The summed E-state index contributed by atoms with van der Waals surface area (Å²) in [4.78, 5) is 11.1. The quantitative estimate of drug-likeness (QED) is 0.394. The normalized spacial score (nSPS) is 9.07. The third kappa shape index (κ3) is 4.05. The van der Waals surface area contributed by atoms with E-state index in [1.807, 2.05) is 24.3 Å². The molecule has 0 aliphatic heterocycles. The minimum atomic E-state index is -0.267. The number of benzene rings is 1. The number of carbonyl (C=O) groups is 1. The van der Waals surface area contributed by atoms with Crippen LogP contribution in [-0.4, -0.2) is 13.1 Å². The number of ether oxygens (including phenoxy) is 1. The fourth-order valence-electron chi connectivity index (χ4n) is 1.13. The van der Waals surface area contributed by atoms with Crippen molar-refractivity contribution in [1.82, 2.24) is 0 Å². The molecule has 0 unspecified atom stereocenters. The van der Waals surface area contributed by atoms with Gasteiger partial charge >= 0.3 is 87.7 Å². The molecule has 14 heavy (non-hydrogen) atoms. The molecule has 0 amide bonds. The standard InChI is InChI=1S/C10H11O2.HI.Zn/c1-3-8-4-6-9(7-5-8)10(11)12-2;;/h4-7H,1,3H2,2H3;1H;/q;;+1/p-1. The predicted molar refractivity (Wildman–Crippen MR) is 46.3 cm³/mol. The summed E-state index contributed by atoms with van der Waals surface area (Å²) < 4.78 is 4.60. The summed E-state index contributed by atoms with van der Waals surface area (Å²) in [6.07, 6.45) is 1.11. The molecule has 0 aromatic heterocycles. The van der Waals surface area contributed by atoms with Crippen LogP contribution in [0, 0.1) is 0 Å². The van der Waals surface area contributed by atoms with E-state index in [1.165, 1.54) is 36.0 Å². The van der Waals surface area contributed by atoms with Crippen LogP contribution in [0.5, 0.6) is 0 Å². The molecule has 0 aliphatic carbocycles. The van der Waals surface area contributed by atoms with E-state index in [-0.39, 0.29) is 29.9 Å². The van der Waals surface area contributed by atoms with Gasteiger partial charge < -0.3 is 24.0 Å². The van der Waals surface area contributed by atoms with Crippen LogP contribution in [0.4, 0.5) is 0 Å². The summed E-state index contributed by atoms with van der Waals surface area (Å²) in [6.45, 7) is 0. The number of hydrogen-bond donors (Lipinski definition) is 0. The molecule has 0 heterocycles. The number of esters is 1. The van der Waals surface area contributed by atoms with Gasteiger partial charge in [0.1, 0.15) is 0 Å². The number of aryl methyl sites for hydroxylation is 1. The number of rotatable bonds is 3. The fourth-order valence-corrected chi connectivity index (χ4v) is 1.99. The molecule has 0 saturated carbocycles. The average molecular weight is 355 g/mol. The van der Waals surface area contributed by atoms with Gasteiger partial charge in [0.05, 0.1) is 0 Å². The van der Waals surface area contributed by atoms with Crippen LogP contribution in [0.2, 0.25) is 5.02 Å². The van der Waals surface area contributed by atoms with E-state index in [1.54, 1.807) is 0 Å². The van der Waals surface area contributed by atoms with E-state index < -0.39 is 0 Å². The molecular formula is C10H11IO2Zn. The Labute approximate surface area is 111 Å². The van der Waals surface area contributed by atoms with E-state index in [0.717, 1.165) is 6.42 Å². The summed E-state index contributed by atoms with van der Waals surface area (Å²) >= 11 is 1.32. The van der Waals surface area contributed by atoms with Crippen molar-refractivity contribution in [3.8, 4) is 0 Å². The molecule has 1 aromatic carbocycles. The zero-order valence-electron chi connectivity index (χ0n) is 8.13. The minimum absolute atomic E-state index is 0. The number of halogens is 1. The van der Waals surface area contributed by atoms with Gasteiger partial charge in [-0.05, 0) is 0 Å². The van der Waals surface area contributed by atoms with E-state index in [0.29, 0.717) is 5.56 Å². The summed E-state index contributed by atoms with van der Waals surface area (Å²) in [5, 5.41) is 1.25. The molecule has 4 heteroatoms. The van der Waals surface area contributed by atoms with Crippen LogP contribution in [0.15, 0.2) is 24.3 Å². The molecule has 0 aliphatic rings. The molecular weight excluding hydrogens is 344 g/mol. The maximum atomic E-state index is 11.1. The van der Waals surface area contributed by atoms with Crippen LogP contribution in [0.3, 0.4) is 0 Å². The molecule has 0 saturated heterocycles. The maximum absolute atomic E-state index is 11.1. The number of hydrogen-bond acceptors (Lipinski definition) is 2. The summed E-state index contributed by atoms with van der Waals surface area (Å²) in [6, 6.07) is 7.61. The summed E-state index contributed by atoms with van der Waals surface area (Å²) in [7, 11) is 1.40. The van der Waals surface area contributed by atoms with Gasteiger partial charge in [-0.1, -0.05) is 0 Å². The first kappa shape index (κ1) is 14.0. The summed E-state index contributed by atoms with van der Waals surface area (Å²) in [5.74, 6) is -0.267. The van der Waals surface area contributed by atoms with E-state index in [2.05, 4.69) is 4.74 Å². The Balaban J connectivity index is 0.00000169. The minimum Gasteiger partial charge on any atom is -1.00 e. The smallest absolute Gasteiger partial charge is 1.00 e. The van der Waals surface area contributed by atoms with Crippen LogP contribution in [0.1, 0.15) is 15.9 Å². The third-order valence-electron chi connectivity index (χ3n) is 1.84. The van der Waals surface area contributed by atoms with Gasteiger partial charge in [-0.3, -0.25) is 0 Å². The molecule has 0 N–H and O–H groups in total. The van der Waals surface area contributed by atoms with Crippen LogP contribution < -0.4 is 24.0 Å². The average Bonchev–Trinajstić information content (AvgIpc) is 2.18. The van der Waals surface area contributed by atoms with Crippen LogP contribution >= 0.6 is 0 Å². The van der Waals surface area contributed by atoms with Crippen molar-refractivity contribution >= 4 is 5.97 Å². The molecule has 0 radical (unpaired) electrons. The van der Waals surface area contributed by atoms with Crippen molar-refractivity contribution in [3.05, 3.63) is 35.4 Å². The van der Waals surface area contributed by atoms with Crippen molar-refractivity contribution in [2.45, 2.75) is 11.4 Å². The Kier molecular flexibility index (Phi) is 7.37. The Bertz CT molecular complexity index is 285. The van der Waals surface area contributed by atoms with Crippen molar-refractivity contribution in [2.75, 3.05) is 7.11 Å². The van der Waals surface area contributed by atoms with Gasteiger partial charge in [-0.15, -0.1) is 0 Å². The summed E-state index contributed by atoms with van der Waals surface area (Å²) in [5.41, 5.74) is 1.91. The zero-order valence-corrected chi connectivity index (χ0v) is 13.2. The molecule has 0 spiro atoms. The van der Waals surface area contributed by atoms with Crippen molar-refractivity contribution in [2.24, 2.45) is 0 Å². The number of methoxy groups -OCH3 is 1. The largest absolute Gasteiger partial charge is 1.00 e. The molecule has 2 nitrogen and oxygen atoms in total. The van der Waals surface area contributed by atoms with E-state index in [4.69, 9.17) is 0 Å². The monoisotopic (exact) mass is 354 g/mol. The molecule has 1 aromatic rings. The molecule has 1 rings (SSSR count). The Morgan fingerprint density at radius 2 is 1.93 bits per heavy atom. The molecule has 0 fully saturated rings. The SMILES string of the molecule is COC(=O)c1ccc(C[CH2][Zn+])cc1.[I-]. The zero-order chi connectivity index (χ0) is 9.68. The molecule has 0 bridgehead atoms. The van der Waals surface area contributed by atoms with E-state index in [9.17, 15) is 4.79 Å². The first-order valence-electron chi connectivity index (χ1n) is 4.24. The third-order valence-corrected chi connectivity index (χ3v) is 2.58. The Hall–Kier alpha value is 0.0434. The van der Waals surface area contributed by atoms with Gasteiger partial charge in [0, 0.05) is 0 Å².